The van der Waals surface area contributed by atoms with Crippen LogP contribution in [0.25, 0.3) is 0 Å². The Labute approximate surface area is 152 Å². The Bertz CT molecular complexity index is 923. The minimum absolute atomic E-state index is 0.158. The van der Waals surface area contributed by atoms with Crippen LogP contribution in [0.3, 0.4) is 0 Å². The van der Waals surface area contributed by atoms with E-state index in [4.69, 9.17) is 0 Å². The van der Waals surface area contributed by atoms with E-state index < -0.39 is 0 Å². The van der Waals surface area contributed by atoms with E-state index in [-0.39, 0.29) is 5.78 Å². The second-order valence-corrected chi connectivity index (χ2v) is 7.12. The van der Waals surface area contributed by atoms with E-state index in [1.54, 1.807) is 11.8 Å². The minimum atomic E-state index is 0.158. The highest BCUT2D eigenvalue weighted by Gasteiger charge is 2.24. The molecule has 0 radical (unpaired) electrons. The van der Waals surface area contributed by atoms with Crippen LogP contribution in [0, 0.1) is 0 Å². The number of Topliss-reactive ketones (excluding diaryl/α,β-unsaturated/α-hetero) is 1. The third-order valence-electron chi connectivity index (χ3n) is 4.53. The average Bonchev–Trinajstić information content (AvgIpc) is 3.16. The molecule has 2 aromatic carbocycles. The Kier molecular flexibility index (Phi) is 4.33. The number of benzene rings is 2. The van der Waals surface area contributed by atoms with Crippen LogP contribution in [0.15, 0.2) is 88.3 Å². The van der Waals surface area contributed by atoms with Gasteiger partial charge in [0.15, 0.2) is 5.78 Å². The maximum absolute atomic E-state index is 12.4. The molecule has 3 heteroatoms. The number of carbonyl (C=O) groups is 1. The normalized spacial score (nSPS) is 19.2. The van der Waals surface area contributed by atoms with Crippen molar-refractivity contribution < 1.29 is 4.79 Å². The van der Waals surface area contributed by atoms with Gasteiger partial charge in [0.1, 0.15) is 0 Å². The van der Waals surface area contributed by atoms with Crippen molar-refractivity contribution in [1.29, 1.82) is 0 Å². The molecule has 4 rings (SSSR count). The quantitative estimate of drug-likeness (QED) is 0.697. The van der Waals surface area contributed by atoms with Gasteiger partial charge in [0, 0.05) is 29.0 Å². The van der Waals surface area contributed by atoms with Gasteiger partial charge in [-0.1, -0.05) is 66.4 Å². The second kappa shape index (κ2) is 6.77. The number of carbonyl (C=O) groups excluding carboxylic acids is 1. The number of anilines is 1. The first-order valence-electron chi connectivity index (χ1n) is 8.52. The number of thioether (sulfide) groups is 1. The smallest absolute Gasteiger partial charge is 0.189 e. The zero-order chi connectivity index (χ0) is 17.2. The van der Waals surface area contributed by atoms with Crippen LogP contribution >= 0.6 is 11.8 Å². The van der Waals surface area contributed by atoms with Crippen molar-refractivity contribution in [1.82, 2.24) is 0 Å². The molecule has 2 aromatic rings. The van der Waals surface area contributed by atoms with Gasteiger partial charge in [0.25, 0.3) is 0 Å². The van der Waals surface area contributed by atoms with Gasteiger partial charge in [-0.15, -0.1) is 0 Å². The van der Waals surface area contributed by atoms with Gasteiger partial charge in [-0.3, -0.25) is 4.79 Å². The summed E-state index contributed by atoms with van der Waals surface area (Å²) in [6, 6.07) is 16.3. The zero-order valence-corrected chi connectivity index (χ0v) is 14.9. The number of allylic oxidation sites excluding steroid dienone is 5. The highest BCUT2D eigenvalue weighted by atomic mass is 32.2. The van der Waals surface area contributed by atoms with E-state index >= 15 is 0 Å². The largest absolute Gasteiger partial charge is 0.335 e. The summed E-state index contributed by atoms with van der Waals surface area (Å²) in [5.41, 5.74) is 4.11. The van der Waals surface area contributed by atoms with Crippen LogP contribution in [0.4, 0.5) is 5.69 Å². The Hall–Kier alpha value is -2.52. The van der Waals surface area contributed by atoms with E-state index in [0.717, 1.165) is 29.7 Å². The molecule has 25 heavy (non-hydrogen) atoms. The molecule has 0 saturated heterocycles. The standard InChI is InChI=1S/C22H19NOS/c1-2-23-19-12-6-7-13-20(19)25-21(23)14-8-4-10-17-15-16-9-3-5-11-18(16)22(17)24/h3-14H,2,15H2,1H3/b8-4+,17-10+,21-14-. The van der Waals surface area contributed by atoms with Gasteiger partial charge < -0.3 is 4.90 Å². The van der Waals surface area contributed by atoms with Gasteiger partial charge in [-0.25, -0.2) is 0 Å². The minimum Gasteiger partial charge on any atom is -0.335 e. The van der Waals surface area contributed by atoms with Crippen LogP contribution in [0.5, 0.6) is 0 Å². The molecule has 0 unspecified atom stereocenters. The summed E-state index contributed by atoms with van der Waals surface area (Å²) >= 11 is 1.79. The lowest BCUT2D eigenvalue weighted by Crippen LogP contribution is -2.16. The molecule has 1 aliphatic heterocycles. The number of nitrogens with zero attached hydrogens (tertiary/aromatic N) is 1. The monoisotopic (exact) mass is 345 g/mol. The maximum Gasteiger partial charge on any atom is 0.189 e. The molecule has 0 atom stereocenters. The summed E-state index contributed by atoms with van der Waals surface area (Å²) in [6.45, 7) is 3.11. The van der Waals surface area contributed by atoms with Crippen molar-refractivity contribution in [3.8, 4) is 0 Å². The molecule has 0 aromatic heterocycles. The van der Waals surface area contributed by atoms with Crippen LogP contribution in [0.2, 0.25) is 0 Å². The van der Waals surface area contributed by atoms with Crippen molar-refractivity contribution in [2.75, 3.05) is 11.4 Å². The summed E-state index contributed by atoms with van der Waals surface area (Å²) in [5, 5.41) is 1.22. The fourth-order valence-corrected chi connectivity index (χ4v) is 4.44. The SMILES string of the molecule is CCN1/C(=C/C=C/C=C2\Cc3ccccc3C2=O)Sc2ccccc21. The number of fused-ring (bicyclic) bond motifs is 2. The summed E-state index contributed by atoms with van der Waals surface area (Å²) in [7, 11) is 0. The molecule has 0 amide bonds. The van der Waals surface area contributed by atoms with E-state index in [9.17, 15) is 4.79 Å². The van der Waals surface area contributed by atoms with E-state index in [2.05, 4.69) is 42.2 Å². The molecular formula is C22H19NOS. The molecular weight excluding hydrogens is 326 g/mol. The van der Waals surface area contributed by atoms with E-state index in [1.165, 1.54) is 15.6 Å². The van der Waals surface area contributed by atoms with Crippen LogP contribution in [-0.2, 0) is 6.42 Å². The predicted octanol–water partition coefficient (Wildman–Crippen LogP) is 5.38. The van der Waals surface area contributed by atoms with E-state index in [0.29, 0.717) is 0 Å². The van der Waals surface area contributed by atoms with Crippen LogP contribution in [-0.4, -0.2) is 12.3 Å². The highest BCUT2D eigenvalue weighted by Crippen LogP contribution is 2.45. The lowest BCUT2D eigenvalue weighted by molar-refractivity contribution is 0.103. The molecule has 1 heterocycles. The lowest BCUT2D eigenvalue weighted by atomic mass is 10.1. The van der Waals surface area contributed by atoms with Crippen LogP contribution < -0.4 is 4.90 Å². The fourth-order valence-electron chi connectivity index (χ4n) is 3.30. The van der Waals surface area contributed by atoms with Gasteiger partial charge in [0.05, 0.1) is 10.7 Å². The number of rotatable bonds is 3. The first kappa shape index (κ1) is 16.0. The van der Waals surface area contributed by atoms with Crippen LogP contribution in [0.1, 0.15) is 22.8 Å². The predicted molar refractivity (Wildman–Crippen MR) is 105 cm³/mol. The Morgan fingerprint density at radius 3 is 2.64 bits per heavy atom. The van der Waals surface area contributed by atoms with E-state index in [1.807, 2.05) is 42.5 Å². The molecule has 0 saturated carbocycles. The Morgan fingerprint density at radius 2 is 1.80 bits per heavy atom. The van der Waals surface area contributed by atoms with Gasteiger partial charge in [-0.2, -0.15) is 0 Å². The molecule has 124 valence electrons. The van der Waals surface area contributed by atoms with Crippen molar-refractivity contribution in [3.63, 3.8) is 0 Å². The van der Waals surface area contributed by atoms with Gasteiger partial charge in [0.2, 0.25) is 0 Å². The fraction of sp³-hybridized carbons (Fsp3) is 0.136. The van der Waals surface area contributed by atoms with Gasteiger partial charge >= 0.3 is 0 Å². The summed E-state index contributed by atoms with van der Waals surface area (Å²) < 4.78 is 0. The third kappa shape index (κ3) is 2.96. The topological polar surface area (TPSA) is 20.3 Å². The number of para-hydroxylation sites is 1. The molecule has 2 aliphatic rings. The third-order valence-corrected chi connectivity index (χ3v) is 5.67. The first-order chi connectivity index (χ1) is 12.3. The molecule has 0 N–H and O–H groups in total. The van der Waals surface area contributed by atoms with Crippen molar-refractivity contribution in [3.05, 3.63) is 94.6 Å². The Morgan fingerprint density at radius 1 is 1.04 bits per heavy atom. The number of ketones is 1. The lowest BCUT2D eigenvalue weighted by Gasteiger charge is -2.17. The molecule has 1 aliphatic carbocycles. The zero-order valence-electron chi connectivity index (χ0n) is 14.1. The van der Waals surface area contributed by atoms with Crippen molar-refractivity contribution in [2.24, 2.45) is 0 Å². The van der Waals surface area contributed by atoms with Crippen molar-refractivity contribution in [2.45, 2.75) is 18.2 Å². The maximum atomic E-state index is 12.4. The molecule has 0 fully saturated rings. The van der Waals surface area contributed by atoms with Crippen molar-refractivity contribution >= 4 is 23.2 Å². The summed E-state index contributed by atoms with van der Waals surface area (Å²) in [4.78, 5) is 16.0. The highest BCUT2D eigenvalue weighted by molar-refractivity contribution is 8.03. The summed E-state index contributed by atoms with van der Waals surface area (Å²) in [5.74, 6) is 0.158. The molecule has 0 spiro atoms. The number of hydrogen-bond donors (Lipinski definition) is 0. The first-order valence-corrected chi connectivity index (χ1v) is 9.34. The second-order valence-electron chi connectivity index (χ2n) is 6.06. The summed E-state index contributed by atoms with van der Waals surface area (Å²) in [6.07, 6.45) is 8.81. The molecule has 2 nitrogen and oxygen atoms in total. The molecule has 0 bridgehead atoms. The number of hydrogen-bond acceptors (Lipinski definition) is 3. The average molecular weight is 345 g/mol. The Balaban J connectivity index is 1.51. The van der Waals surface area contributed by atoms with Gasteiger partial charge in [-0.05, 0) is 30.7 Å².